The smallest absolute Gasteiger partial charge is 0.251 e. The first kappa shape index (κ1) is 19.4. The van der Waals surface area contributed by atoms with Gasteiger partial charge in [0.1, 0.15) is 5.82 Å². The highest BCUT2D eigenvalue weighted by molar-refractivity contribution is 5.95. The van der Waals surface area contributed by atoms with Crippen LogP contribution in [0.15, 0.2) is 42.5 Å². The minimum atomic E-state index is -0.314. The summed E-state index contributed by atoms with van der Waals surface area (Å²) in [7, 11) is 1.60. The number of carbonyl (C=O) groups excluding carboxylic acids is 2. The van der Waals surface area contributed by atoms with Crippen LogP contribution in [0.1, 0.15) is 48.7 Å². The molecular weight excluding hydrogens is 369 g/mol. The topological polar surface area (TPSA) is 61.4 Å². The number of halogens is 1. The number of hydrogen-bond donors (Lipinski definition) is 2. The molecule has 0 bridgehead atoms. The molecule has 6 heteroatoms. The summed E-state index contributed by atoms with van der Waals surface area (Å²) in [5.41, 5.74) is 3.02. The van der Waals surface area contributed by atoms with Crippen molar-refractivity contribution < 1.29 is 14.0 Å². The number of hydrogen-bond acceptors (Lipinski definition) is 3. The lowest BCUT2D eigenvalue weighted by molar-refractivity contribution is -0.117. The van der Waals surface area contributed by atoms with Crippen molar-refractivity contribution in [2.45, 2.75) is 38.8 Å². The van der Waals surface area contributed by atoms with Crippen LogP contribution >= 0.6 is 0 Å². The lowest BCUT2D eigenvalue weighted by atomic mass is 9.79. The van der Waals surface area contributed by atoms with Crippen LogP contribution < -0.4 is 15.5 Å². The third kappa shape index (κ3) is 3.59. The maximum Gasteiger partial charge on any atom is 0.251 e. The van der Waals surface area contributed by atoms with Crippen LogP contribution in [0.3, 0.4) is 0 Å². The van der Waals surface area contributed by atoms with E-state index in [-0.39, 0.29) is 35.6 Å². The second-order valence-electron chi connectivity index (χ2n) is 8.06. The Labute approximate surface area is 170 Å². The Bertz CT molecular complexity index is 940. The summed E-state index contributed by atoms with van der Waals surface area (Å²) in [6.45, 7) is 3.71. The standard InChI is InChI=1S/C23H26FN3O2/c1-13-21(26-18-9-6-16(7-10-18)23(29)25-3)19-12-17(24)8-11-20(19)27(14(2)28)22(13)15-4-5-15/h6-13,15,21-22,26H,4-5H2,1-3H3,(H,25,29)/t13-,21-,22-/m1/s1. The van der Waals surface area contributed by atoms with E-state index in [0.717, 1.165) is 29.8 Å². The van der Waals surface area contributed by atoms with Gasteiger partial charge in [-0.1, -0.05) is 6.92 Å². The highest BCUT2D eigenvalue weighted by Gasteiger charge is 2.47. The zero-order valence-electron chi connectivity index (χ0n) is 16.9. The van der Waals surface area contributed by atoms with Crippen molar-refractivity contribution in [2.75, 3.05) is 17.3 Å². The van der Waals surface area contributed by atoms with E-state index in [9.17, 15) is 14.0 Å². The molecule has 1 heterocycles. The maximum atomic E-state index is 14.1. The van der Waals surface area contributed by atoms with Crippen molar-refractivity contribution >= 4 is 23.2 Å². The number of nitrogens with zero attached hydrogens (tertiary/aromatic N) is 1. The van der Waals surface area contributed by atoms with Crippen LogP contribution in [0.4, 0.5) is 15.8 Å². The first-order valence-corrected chi connectivity index (χ1v) is 10.1. The van der Waals surface area contributed by atoms with Gasteiger partial charge in [-0.25, -0.2) is 4.39 Å². The van der Waals surface area contributed by atoms with E-state index in [1.165, 1.54) is 12.1 Å². The summed E-state index contributed by atoms with van der Waals surface area (Å²) in [6.07, 6.45) is 2.23. The van der Waals surface area contributed by atoms with E-state index < -0.39 is 0 Å². The number of carbonyl (C=O) groups is 2. The first-order valence-electron chi connectivity index (χ1n) is 10.1. The molecule has 0 spiro atoms. The van der Waals surface area contributed by atoms with Crippen molar-refractivity contribution in [2.24, 2.45) is 11.8 Å². The highest BCUT2D eigenvalue weighted by atomic mass is 19.1. The Morgan fingerprint density at radius 1 is 1.10 bits per heavy atom. The fourth-order valence-electron chi connectivity index (χ4n) is 4.58. The van der Waals surface area contributed by atoms with Gasteiger partial charge in [-0.05, 0) is 61.2 Å². The van der Waals surface area contributed by atoms with Gasteiger partial charge in [0.2, 0.25) is 5.91 Å². The van der Waals surface area contributed by atoms with E-state index in [0.29, 0.717) is 11.5 Å². The minimum absolute atomic E-state index is 0.00464. The zero-order valence-corrected chi connectivity index (χ0v) is 16.9. The third-order valence-corrected chi connectivity index (χ3v) is 6.09. The third-order valence-electron chi connectivity index (χ3n) is 6.09. The van der Waals surface area contributed by atoms with E-state index in [4.69, 9.17) is 0 Å². The maximum absolute atomic E-state index is 14.1. The number of anilines is 2. The zero-order chi connectivity index (χ0) is 20.7. The number of fused-ring (bicyclic) bond motifs is 1. The van der Waals surface area contributed by atoms with Gasteiger partial charge in [-0.2, -0.15) is 0 Å². The van der Waals surface area contributed by atoms with Crippen molar-refractivity contribution in [1.82, 2.24) is 5.32 Å². The van der Waals surface area contributed by atoms with Gasteiger partial charge >= 0.3 is 0 Å². The summed E-state index contributed by atoms with van der Waals surface area (Å²) in [5.74, 6) is 0.133. The molecular formula is C23H26FN3O2. The Balaban J connectivity index is 1.71. The first-order chi connectivity index (χ1) is 13.9. The van der Waals surface area contributed by atoms with Crippen LogP contribution in [-0.4, -0.2) is 24.9 Å². The average molecular weight is 395 g/mol. The lowest BCUT2D eigenvalue weighted by Gasteiger charge is -2.46. The summed E-state index contributed by atoms with van der Waals surface area (Å²) < 4.78 is 14.1. The minimum Gasteiger partial charge on any atom is -0.378 e. The molecule has 1 fully saturated rings. The molecule has 0 saturated heterocycles. The van der Waals surface area contributed by atoms with Crippen LogP contribution in [0.25, 0.3) is 0 Å². The molecule has 2 N–H and O–H groups in total. The molecule has 2 aliphatic rings. The van der Waals surface area contributed by atoms with Gasteiger partial charge in [0.05, 0.1) is 6.04 Å². The molecule has 0 aromatic heterocycles. The van der Waals surface area contributed by atoms with Crippen LogP contribution in [0, 0.1) is 17.7 Å². The van der Waals surface area contributed by atoms with Gasteiger partial charge in [0.25, 0.3) is 5.91 Å². The molecule has 4 rings (SSSR count). The molecule has 2 aromatic rings. The van der Waals surface area contributed by atoms with Crippen LogP contribution in [0.5, 0.6) is 0 Å². The normalized spacial score (nSPS) is 23.3. The van der Waals surface area contributed by atoms with Crippen LogP contribution in [-0.2, 0) is 4.79 Å². The molecule has 1 aliphatic heterocycles. The summed E-state index contributed by atoms with van der Waals surface area (Å²) in [6, 6.07) is 11.9. The molecule has 2 amide bonds. The van der Waals surface area contributed by atoms with E-state index >= 15 is 0 Å². The van der Waals surface area contributed by atoms with Gasteiger partial charge in [-0.15, -0.1) is 0 Å². The molecule has 152 valence electrons. The van der Waals surface area contributed by atoms with E-state index in [2.05, 4.69) is 17.6 Å². The summed E-state index contributed by atoms with van der Waals surface area (Å²) in [5, 5.41) is 6.14. The molecule has 29 heavy (non-hydrogen) atoms. The fourth-order valence-corrected chi connectivity index (χ4v) is 4.58. The number of benzene rings is 2. The molecule has 1 aliphatic carbocycles. The average Bonchev–Trinajstić information content (AvgIpc) is 3.54. The summed E-state index contributed by atoms with van der Waals surface area (Å²) >= 11 is 0. The SMILES string of the molecule is CNC(=O)c1ccc(N[C@H]2c3cc(F)ccc3N(C(C)=O)[C@@H](C3CC3)[C@@H]2C)cc1. The Kier molecular flexibility index (Phi) is 5.03. The predicted octanol–water partition coefficient (Wildman–Crippen LogP) is 4.12. The fraction of sp³-hybridized carbons (Fsp3) is 0.391. The molecule has 5 nitrogen and oxygen atoms in total. The summed E-state index contributed by atoms with van der Waals surface area (Å²) in [4.78, 5) is 26.2. The highest BCUT2D eigenvalue weighted by Crippen LogP contribution is 2.50. The predicted molar refractivity (Wildman–Crippen MR) is 111 cm³/mol. The van der Waals surface area contributed by atoms with Crippen molar-refractivity contribution in [1.29, 1.82) is 0 Å². The molecule has 0 radical (unpaired) electrons. The largest absolute Gasteiger partial charge is 0.378 e. The number of nitrogens with one attached hydrogen (secondary N) is 2. The lowest BCUT2D eigenvalue weighted by Crippen LogP contribution is -2.51. The van der Waals surface area contributed by atoms with Gasteiger partial charge in [0, 0.05) is 48.4 Å². The molecule has 2 aromatic carbocycles. The van der Waals surface area contributed by atoms with Gasteiger partial charge in [-0.3, -0.25) is 9.59 Å². The Morgan fingerprint density at radius 2 is 1.79 bits per heavy atom. The quantitative estimate of drug-likeness (QED) is 0.819. The van der Waals surface area contributed by atoms with Crippen molar-refractivity contribution in [3.05, 3.63) is 59.4 Å². The molecule has 1 saturated carbocycles. The molecule has 0 unspecified atom stereocenters. The van der Waals surface area contributed by atoms with Crippen LogP contribution in [0.2, 0.25) is 0 Å². The number of amides is 2. The Hall–Kier alpha value is -2.89. The van der Waals surface area contributed by atoms with Gasteiger partial charge in [0.15, 0.2) is 0 Å². The van der Waals surface area contributed by atoms with E-state index in [1.807, 2.05) is 17.0 Å². The van der Waals surface area contributed by atoms with Crippen molar-refractivity contribution in [3.63, 3.8) is 0 Å². The monoisotopic (exact) mass is 395 g/mol. The second-order valence-corrected chi connectivity index (χ2v) is 8.06. The Morgan fingerprint density at radius 3 is 2.38 bits per heavy atom. The van der Waals surface area contributed by atoms with Crippen molar-refractivity contribution in [3.8, 4) is 0 Å². The van der Waals surface area contributed by atoms with Gasteiger partial charge < -0.3 is 15.5 Å². The van der Waals surface area contributed by atoms with E-state index in [1.54, 1.807) is 32.2 Å². The number of rotatable bonds is 4. The molecule has 3 atom stereocenters. The second kappa shape index (κ2) is 7.50.